The molecule has 1 heterocycles. The van der Waals surface area contributed by atoms with Crippen molar-refractivity contribution in [1.29, 1.82) is 0 Å². The first kappa shape index (κ1) is 10.7. The van der Waals surface area contributed by atoms with Crippen LogP contribution in [0.5, 0.6) is 0 Å². The Morgan fingerprint density at radius 3 is 2.64 bits per heavy atom. The van der Waals surface area contributed by atoms with Gasteiger partial charge >= 0.3 is 5.97 Å². The first-order valence-electron chi connectivity index (χ1n) is 4.52. The number of aromatic nitrogens is 3. The van der Waals surface area contributed by atoms with Crippen LogP contribution in [0.25, 0.3) is 0 Å². The zero-order valence-electron chi connectivity index (χ0n) is 8.92. The van der Waals surface area contributed by atoms with E-state index >= 15 is 0 Å². The number of rotatable bonds is 3. The number of carbonyl (C=O) groups excluding carboxylic acids is 1. The molecule has 5 nitrogen and oxygen atoms in total. The average molecular weight is 197 g/mol. The smallest absolute Gasteiger partial charge is 0.360 e. The molecular weight excluding hydrogens is 182 g/mol. The van der Waals surface area contributed by atoms with E-state index in [9.17, 15) is 4.79 Å². The van der Waals surface area contributed by atoms with E-state index in [-0.39, 0.29) is 11.1 Å². The van der Waals surface area contributed by atoms with Gasteiger partial charge in [0.15, 0.2) is 5.69 Å². The summed E-state index contributed by atoms with van der Waals surface area (Å²) in [6.07, 6.45) is 0.878. The van der Waals surface area contributed by atoms with Crippen LogP contribution in [0.4, 0.5) is 0 Å². The van der Waals surface area contributed by atoms with Crippen molar-refractivity contribution >= 4 is 5.97 Å². The molecule has 5 heteroatoms. The van der Waals surface area contributed by atoms with Gasteiger partial charge in [-0.2, -0.15) is 10.3 Å². The van der Waals surface area contributed by atoms with Crippen LogP contribution in [-0.4, -0.2) is 28.5 Å². The van der Waals surface area contributed by atoms with Gasteiger partial charge in [-0.15, -0.1) is 5.10 Å². The molecule has 1 aromatic heterocycles. The van der Waals surface area contributed by atoms with Crippen LogP contribution in [0.2, 0.25) is 0 Å². The molecule has 14 heavy (non-hydrogen) atoms. The Bertz CT molecular complexity index is 331. The lowest BCUT2D eigenvalue weighted by molar-refractivity contribution is 0.0591. The molecule has 0 unspecified atom stereocenters. The van der Waals surface area contributed by atoms with Crippen LogP contribution < -0.4 is 0 Å². The molecule has 0 fully saturated rings. The molecule has 0 aliphatic heterocycles. The molecule has 0 aliphatic rings. The van der Waals surface area contributed by atoms with Crippen LogP contribution in [0, 0.1) is 0 Å². The SMILES string of the molecule is CCC(C)(C)c1n[nH]nc1C(=O)OC. The molecule has 0 saturated carbocycles. The third-order valence-electron chi connectivity index (χ3n) is 2.45. The zero-order chi connectivity index (χ0) is 10.8. The zero-order valence-corrected chi connectivity index (χ0v) is 8.92. The summed E-state index contributed by atoms with van der Waals surface area (Å²) >= 11 is 0. The van der Waals surface area contributed by atoms with Gasteiger partial charge in [-0.3, -0.25) is 0 Å². The maximum atomic E-state index is 11.3. The van der Waals surface area contributed by atoms with Gasteiger partial charge in [0, 0.05) is 5.41 Å². The monoisotopic (exact) mass is 197 g/mol. The molecule has 0 aliphatic carbocycles. The number of carbonyl (C=O) groups is 1. The number of nitrogens with one attached hydrogen (secondary N) is 1. The summed E-state index contributed by atoms with van der Waals surface area (Å²) in [5.74, 6) is -0.449. The highest BCUT2D eigenvalue weighted by Gasteiger charge is 2.29. The van der Waals surface area contributed by atoms with Crippen molar-refractivity contribution in [2.24, 2.45) is 0 Å². The minimum absolute atomic E-state index is 0.170. The van der Waals surface area contributed by atoms with Gasteiger partial charge in [-0.25, -0.2) is 4.79 Å². The maximum Gasteiger partial charge on any atom is 0.360 e. The van der Waals surface area contributed by atoms with E-state index in [0.29, 0.717) is 5.69 Å². The standard InChI is InChI=1S/C9H15N3O2/c1-5-9(2,3)7-6(8(13)14-4)10-12-11-7/h5H2,1-4H3,(H,10,11,12). The van der Waals surface area contributed by atoms with Crippen molar-refractivity contribution in [3.63, 3.8) is 0 Å². The fourth-order valence-electron chi connectivity index (χ4n) is 1.11. The maximum absolute atomic E-state index is 11.3. The summed E-state index contributed by atoms with van der Waals surface area (Å²) in [5.41, 5.74) is 0.766. The minimum Gasteiger partial charge on any atom is -0.464 e. The summed E-state index contributed by atoms with van der Waals surface area (Å²) < 4.78 is 4.61. The molecule has 0 saturated heterocycles. The number of nitrogens with zero attached hydrogens (tertiary/aromatic N) is 2. The molecule has 0 spiro atoms. The fraction of sp³-hybridized carbons (Fsp3) is 0.667. The van der Waals surface area contributed by atoms with E-state index in [1.165, 1.54) is 7.11 Å². The summed E-state index contributed by atoms with van der Waals surface area (Å²) in [4.78, 5) is 11.3. The quantitative estimate of drug-likeness (QED) is 0.741. The van der Waals surface area contributed by atoms with Crippen LogP contribution in [0.15, 0.2) is 0 Å². The molecule has 0 bridgehead atoms. The van der Waals surface area contributed by atoms with E-state index in [1.54, 1.807) is 0 Å². The predicted octanol–water partition coefficient (Wildman–Crippen LogP) is 1.28. The van der Waals surface area contributed by atoms with E-state index in [4.69, 9.17) is 0 Å². The lowest BCUT2D eigenvalue weighted by Gasteiger charge is -2.19. The summed E-state index contributed by atoms with van der Waals surface area (Å²) in [7, 11) is 1.33. The largest absolute Gasteiger partial charge is 0.464 e. The normalized spacial score (nSPS) is 11.4. The van der Waals surface area contributed by atoms with Crippen LogP contribution >= 0.6 is 0 Å². The second-order valence-electron chi connectivity index (χ2n) is 3.75. The summed E-state index contributed by atoms with van der Waals surface area (Å²) in [6.45, 7) is 6.06. The lowest BCUT2D eigenvalue weighted by Crippen LogP contribution is -2.20. The highest BCUT2D eigenvalue weighted by molar-refractivity contribution is 5.88. The minimum atomic E-state index is -0.449. The number of methoxy groups -OCH3 is 1. The Balaban J connectivity index is 3.10. The Labute approximate surface area is 82.8 Å². The predicted molar refractivity (Wildman–Crippen MR) is 51.0 cm³/mol. The van der Waals surface area contributed by atoms with Crippen molar-refractivity contribution in [3.05, 3.63) is 11.4 Å². The third-order valence-corrected chi connectivity index (χ3v) is 2.45. The Morgan fingerprint density at radius 2 is 2.14 bits per heavy atom. The van der Waals surface area contributed by atoms with Crippen molar-refractivity contribution in [1.82, 2.24) is 15.4 Å². The molecule has 0 aromatic carbocycles. The topological polar surface area (TPSA) is 67.9 Å². The molecule has 1 N–H and O–H groups in total. The second-order valence-corrected chi connectivity index (χ2v) is 3.75. The lowest BCUT2D eigenvalue weighted by atomic mass is 9.85. The van der Waals surface area contributed by atoms with E-state index < -0.39 is 5.97 Å². The molecule has 1 rings (SSSR count). The van der Waals surface area contributed by atoms with Gasteiger partial charge in [0.2, 0.25) is 0 Å². The number of H-pyrrole nitrogens is 1. The van der Waals surface area contributed by atoms with Crippen LogP contribution in [0.3, 0.4) is 0 Å². The van der Waals surface area contributed by atoms with Crippen molar-refractivity contribution < 1.29 is 9.53 Å². The molecule has 0 radical (unpaired) electrons. The van der Waals surface area contributed by atoms with Gasteiger partial charge in [-0.1, -0.05) is 20.8 Å². The van der Waals surface area contributed by atoms with Gasteiger partial charge < -0.3 is 4.74 Å². The van der Waals surface area contributed by atoms with Gasteiger partial charge in [0.25, 0.3) is 0 Å². The Morgan fingerprint density at radius 1 is 1.50 bits per heavy atom. The van der Waals surface area contributed by atoms with Gasteiger partial charge in [-0.05, 0) is 6.42 Å². The van der Waals surface area contributed by atoms with E-state index in [2.05, 4.69) is 20.1 Å². The van der Waals surface area contributed by atoms with Crippen molar-refractivity contribution in [2.45, 2.75) is 32.6 Å². The average Bonchev–Trinajstić information content (AvgIpc) is 2.65. The van der Waals surface area contributed by atoms with Gasteiger partial charge in [0.05, 0.1) is 7.11 Å². The molecule has 0 atom stereocenters. The summed E-state index contributed by atoms with van der Waals surface area (Å²) in [6, 6.07) is 0. The van der Waals surface area contributed by atoms with Crippen LogP contribution in [-0.2, 0) is 10.2 Å². The van der Waals surface area contributed by atoms with E-state index in [0.717, 1.165) is 6.42 Å². The molecule has 1 aromatic rings. The number of hydrogen-bond donors (Lipinski definition) is 1. The number of hydrogen-bond acceptors (Lipinski definition) is 4. The number of esters is 1. The molecule has 78 valence electrons. The van der Waals surface area contributed by atoms with Crippen molar-refractivity contribution in [3.8, 4) is 0 Å². The Kier molecular flexibility index (Phi) is 2.88. The van der Waals surface area contributed by atoms with Gasteiger partial charge in [0.1, 0.15) is 5.69 Å². The first-order chi connectivity index (χ1) is 6.53. The molecule has 0 amide bonds. The third kappa shape index (κ3) is 1.76. The fourth-order valence-corrected chi connectivity index (χ4v) is 1.11. The Hall–Kier alpha value is -1.39. The highest BCUT2D eigenvalue weighted by Crippen LogP contribution is 2.26. The summed E-state index contributed by atoms with van der Waals surface area (Å²) in [5, 5.41) is 10.2. The second kappa shape index (κ2) is 3.77. The number of aromatic amines is 1. The first-order valence-corrected chi connectivity index (χ1v) is 4.52. The van der Waals surface area contributed by atoms with Crippen molar-refractivity contribution in [2.75, 3.05) is 7.11 Å². The molecular formula is C9H15N3O2. The van der Waals surface area contributed by atoms with Crippen LogP contribution in [0.1, 0.15) is 43.4 Å². The number of ether oxygens (including phenoxy) is 1. The highest BCUT2D eigenvalue weighted by atomic mass is 16.5. The van der Waals surface area contributed by atoms with E-state index in [1.807, 2.05) is 20.8 Å².